The van der Waals surface area contributed by atoms with Crippen LogP contribution in [0.1, 0.15) is 30.6 Å². The largest absolute Gasteiger partial charge is 0.239 e. The molecular weight excluding hydrogens is 136 g/mol. The van der Waals surface area contributed by atoms with E-state index in [9.17, 15) is 0 Å². The Morgan fingerprint density at radius 1 is 1.27 bits per heavy atom. The number of nitrogens with zero attached hydrogens (tertiary/aromatic N) is 2. The van der Waals surface area contributed by atoms with Gasteiger partial charge in [0.25, 0.3) is 0 Å². The molecule has 0 saturated heterocycles. The second-order valence-electron chi connectivity index (χ2n) is 2.80. The van der Waals surface area contributed by atoms with Crippen molar-refractivity contribution in [1.29, 1.82) is 0 Å². The summed E-state index contributed by atoms with van der Waals surface area (Å²) in [6.07, 6.45) is 2.21. The van der Waals surface area contributed by atoms with Crippen LogP contribution >= 0.6 is 0 Å². The average Bonchev–Trinajstić information content (AvgIpc) is 1.85. The zero-order chi connectivity index (χ0) is 8.27. The van der Waals surface area contributed by atoms with Gasteiger partial charge in [-0.1, -0.05) is 13.3 Å². The zero-order valence-corrected chi connectivity index (χ0v) is 7.39. The smallest absolute Gasteiger partial charge is 0.125 e. The van der Waals surface area contributed by atoms with Gasteiger partial charge in [-0.05, 0) is 26.3 Å². The lowest BCUT2D eigenvalue weighted by molar-refractivity contribution is 0.848. The van der Waals surface area contributed by atoms with E-state index in [1.165, 1.54) is 0 Å². The molecule has 1 heterocycles. The molecule has 0 fully saturated rings. The molecule has 0 unspecified atom stereocenters. The first kappa shape index (κ1) is 8.18. The van der Waals surface area contributed by atoms with Crippen LogP contribution in [0.5, 0.6) is 0 Å². The molecule has 0 atom stereocenters. The molecule has 0 aliphatic rings. The van der Waals surface area contributed by atoms with Crippen molar-refractivity contribution < 1.29 is 0 Å². The molecule has 1 aromatic rings. The van der Waals surface area contributed by atoms with Crippen LogP contribution in [0.3, 0.4) is 0 Å². The molecule has 0 bridgehead atoms. The van der Waals surface area contributed by atoms with Gasteiger partial charge < -0.3 is 0 Å². The Morgan fingerprint density at radius 3 is 2.55 bits per heavy atom. The van der Waals surface area contributed by atoms with Gasteiger partial charge in [0.15, 0.2) is 0 Å². The van der Waals surface area contributed by atoms with Crippen LogP contribution in [-0.4, -0.2) is 9.97 Å². The van der Waals surface area contributed by atoms with E-state index in [0.29, 0.717) is 0 Å². The number of rotatable bonds is 2. The van der Waals surface area contributed by atoms with Crippen LogP contribution in [0.15, 0.2) is 6.07 Å². The molecule has 0 spiro atoms. The summed E-state index contributed by atoms with van der Waals surface area (Å²) in [6.45, 7) is 6.10. The lowest BCUT2D eigenvalue weighted by atomic mass is 10.2. The highest BCUT2D eigenvalue weighted by molar-refractivity contribution is 5.09. The maximum Gasteiger partial charge on any atom is 0.125 e. The van der Waals surface area contributed by atoms with Crippen molar-refractivity contribution in [1.82, 2.24) is 9.97 Å². The van der Waals surface area contributed by atoms with Gasteiger partial charge >= 0.3 is 0 Å². The van der Waals surface area contributed by atoms with Crippen LogP contribution in [0, 0.1) is 13.8 Å². The average molecular weight is 150 g/mol. The van der Waals surface area contributed by atoms with E-state index in [2.05, 4.69) is 23.0 Å². The van der Waals surface area contributed by atoms with Crippen molar-refractivity contribution in [2.75, 3.05) is 0 Å². The first-order valence-corrected chi connectivity index (χ1v) is 4.03. The monoisotopic (exact) mass is 150 g/mol. The first-order valence-electron chi connectivity index (χ1n) is 4.03. The predicted molar refractivity (Wildman–Crippen MR) is 45.5 cm³/mol. The second-order valence-corrected chi connectivity index (χ2v) is 2.80. The molecule has 60 valence electrons. The molecule has 0 aliphatic carbocycles. The topological polar surface area (TPSA) is 25.8 Å². The van der Waals surface area contributed by atoms with Crippen LogP contribution in [0.2, 0.25) is 0 Å². The van der Waals surface area contributed by atoms with Gasteiger partial charge in [0.05, 0.1) is 0 Å². The summed E-state index contributed by atoms with van der Waals surface area (Å²) in [5.74, 6) is 0.883. The number of aromatic nitrogens is 2. The van der Waals surface area contributed by atoms with Crippen LogP contribution in [0.25, 0.3) is 0 Å². The van der Waals surface area contributed by atoms with Gasteiger partial charge in [-0.25, -0.2) is 9.97 Å². The summed E-state index contributed by atoms with van der Waals surface area (Å²) < 4.78 is 0. The SMILES string of the molecule is CCCc1cc(C)nc(C)n1. The maximum absolute atomic E-state index is 4.31. The van der Waals surface area contributed by atoms with E-state index in [-0.39, 0.29) is 0 Å². The standard InChI is InChI=1S/C9H14N2/c1-4-5-9-6-7(2)10-8(3)11-9/h6H,4-5H2,1-3H3. The third kappa shape index (κ3) is 2.30. The molecule has 0 aliphatic heterocycles. The van der Waals surface area contributed by atoms with Gasteiger partial charge in [0.2, 0.25) is 0 Å². The summed E-state index contributed by atoms with van der Waals surface area (Å²) in [6, 6.07) is 2.05. The Morgan fingerprint density at radius 2 is 2.00 bits per heavy atom. The minimum Gasteiger partial charge on any atom is -0.239 e. The molecule has 0 saturated carbocycles. The molecule has 0 amide bonds. The minimum atomic E-state index is 0.883. The Labute approximate surface area is 67.7 Å². The van der Waals surface area contributed by atoms with Crippen molar-refractivity contribution in [2.24, 2.45) is 0 Å². The fourth-order valence-corrected chi connectivity index (χ4v) is 1.18. The highest BCUT2D eigenvalue weighted by atomic mass is 14.9. The van der Waals surface area contributed by atoms with Crippen molar-refractivity contribution in [2.45, 2.75) is 33.6 Å². The van der Waals surface area contributed by atoms with Crippen molar-refractivity contribution >= 4 is 0 Å². The Hall–Kier alpha value is -0.920. The lowest BCUT2D eigenvalue weighted by Crippen LogP contribution is -1.96. The van der Waals surface area contributed by atoms with Crippen LogP contribution in [0.4, 0.5) is 0 Å². The maximum atomic E-state index is 4.31. The summed E-state index contributed by atoms with van der Waals surface area (Å²) >= 11 is 0. The summed E-state index contributed by atoms with van der Waals surface area (Å²) in [5.41, 5.74) is 2.23. The Kier molecular flexibility index (Phi) is 2.58. The van der Waals surface area contributed by atoms with E-state index in [4.69, 9.17) is 0 Å². The predicted octanol–water partition coefficient (Wildman–Crippen LogP) is 2.05. The van der Waals surface area contributed by atoms with Crippen LogP contribution in [-0.2, 0) is 6.42 Å². The van der Waals surface area contributed by atoms with E-state index in [0.717, 1.165) is 30.1 Å². The summed E-state index contributed by atoms with van der Waals surface area (Å²) in [4.78, 5) is 8.52. The molecule has 0 aromatic carbocycles. The highest BCUT2D eigenvalue weighted by Crippen LogP contribution is 2.02. The minimum absolute atomic E-state index is 0.883. The number of hydrogen-bond acceptors (Lipinski definition) is 2. The third-order valence-electron chi connectivity index (χ3n) is 1.53. The fraction of sp³-hybridized carbons (Fsp3) is 0.556. The third-order valence-corrected chi connectivity index (χ3v) is 1.53. The van der Waals surface area contributed by atoms with E-state index >= 15 is 0 Å². The number of hydrogen-bond donors (Lipinski definition) is 0. The van der Waals surface area contributed by atoms with Gasteiger partial charge in [-0.15, -0.1) is 0 Å². The van der Waals surface area contributed by atoms with E-state index in [1.54, 1.807) is 0 Å². The fourth-order valence-electron chi connectivity index (χ4n) is 1.18. The zero-order valence-electron chi connectivity index (χ0n) is 7.39. The second kappa shape index (κ2) is 3.46. The molecule has 0 N–H and O–H groups in total. The molecule has 2 nitrogen and oxygen atoms in total. The Bertz CT molecular complexity index is 223. The van der Waals surface area contributed by atoms with Gasteiger partial charge in [0, 0.05) is 11.4 Å². The van der Waals surface area contributed by atoms with Crippen molar-refractivity contribution in [3.05, 3.63) is 23.3 Å². The summed E-state index contributed by atoms with van der Waals surface area (Å²) in [5, 5.41) is 0. The first-order chi connectivity index (χ1) is 5.22. The molecule has 1 rings (SSSR count). The summed E-state index contributed by atoms with van der Waals surface area (Å²) in [7, 11) is 0. The van der Waals surface area contributed by atoms with Gasteiger partial charge in [0.1, 0.15) is 5.82 Å². The van der Waals surface area contributed by atoms with Gasteiger partial charge in [-0.3, -0.25) is 0 Å². The Balaban J connectivity index is 2.89. The van der Waals surface area contributed by atoms with E-state index < -0.39 is 0 Å². The highest BCUT2D eigenvalue weighted by Gasteiger charge is 1.96. The van der Waals surface area contributed by atoms with Crippen LogP contribution < -0.4 is 0 Å². The van der Waals surface area contributed by atoms with Crippen molar-refractivity contribution in [3.8, 4) is 0 Å². The number of aryl methyl sites for hydroxylation is 3. The van der Waals surface area contributed by atoms with E-state index in [1.807, 2.05) is 13.8 Å². The lowest BCUT2D eigenvalue weighted by Gasteiger charge is -2.00. The van der Waals surface area contributed by atoms with Crippen molar-refractivity contribution in [3.63, 3.8) is 0 Å². The molecule has 11 heavy (non-hydrogen) atoms. The molecule has 0 radical (unpaired) electrons. The molecule has 1 aromatic heterocycles. The normalized spacial score (nSPS) is 10.1. The molecule has 2 heteroatoms. The quantitative estimate of drug-likeness (QED) is 0.644. The van der Waals surface area contributed by atoms with Gasteiger partial charge in [-0.2, -0.15) is 0 Å². The molecular formula is C9H14N2.